The van der Waals surface area contributed by atoms with E-state index in [0.29, 0.717) is 11.5 Å². The largest absolute Gasteiger partial charge is 0.389 e. The summed E-state index contributed by atoms with van der Waals surface area (Å²) in [6.45, 7) is 3.59. The van der Waals surface area contributed by atoms with Crippen molar-refractivity contribution in [3.05, 3.63) is 52.1 Å². The van der Waals surface area contributed by atoms with E-state index >= 15 is 0 Å². The van der Waals surface area contributed by atoms with Crippen LogP contribution in [0.4, 0.5) is 16.3 Å². The molecule has 0 spiro atoms. The van der Waals surface area contributed by atoms with Crippen molar-refractivity contribution in [1.29, 1.82) is 0 Å². The zero-order valence-electron chi connectivity index (χ0n) is 11.7. The minimum atomic E-state index is -0.578. The van der Waals surface area contributed by atoms with Gasteiger partial charge < -0.3 is 10.4 Å². The fourth-order valence-corrected chi connectivity index (χ4v) is 1.98. The first-order valence-corrected chi connectivity index (χ1v) is 7.23. The van der Waals surface area contributed by atoms with Crippen molar-refractivity contribution in [3.8, 4) is 0 Å². The van der Waals surface area contributed by atoms with E-state index in [-0.39, 0.29) is 6.03 Å². The number of rotatable bonds is 3. The van der Waals surface area contributed by atoms with Gasteiger partial charge >= 0.3 is 6.03 Å². The van der Waals surface area contributed by atoms with Crippen molar-refractivity contribution in [3.63, 3.8) is 0 Å². The lowest BCUT2D eigenvalue weighted by atomic mass is 10.1. The summed E-state index contributed by atoms with van der Waals surface area (Å²) in [6, 6.07) is 8.45. The molecule has 2 amide bonds. The number of aliphatic hydroxyl groups is 1. The fourth-order valence-electron chi connectivity index (χ4n) is 1.76. The zero-order valence-corrected chi connectivity index (χ0v) is 13.3. The van der Waals surface area contributed by atoms with Gasteiger partial charge in [-0.15, -0.1) is 0 Å². The van der Waals surface area contributed by atoms with Gasteiger partial charge in [0.25, 0.3) is 0 Å². The van der Waals surface area contributed by atoms with Crippen LogP contribution in [0.2, 0.25) is 0 Å². The second-order valence-corrected chi connectivity index (χ2v) is 5.55. The van der Waals surface area contributed by atoms with Gasteiger partial charge in [-0.3, -0.25) is 5.32 Å². The SMILES string of the molecule is Cc1cc(NC(=O)Nc2cccc(C(C)O)c2)ncc1Br. The first-order chi connectivity index (χ1) is 9.95. The quantitative estimate of drug-likeness (QED) is 0.787. The Morgan fingerprint density at radius 1 is 1.33 bits per heavy atom. The van der Waals surface area contributed by atoms with Crippen molar-refractivity contribution in [2.75, 3.05) is 10.6 Å². The van der Waals surface area contributed by atoms with E-state index < -0.39 is 6.10 Å². The summed E-state index contributed by atoms with van der Waals surface area (Å²) in [4.78, 5) is 16.0. The predicted octanol–water partition coefficient (Wildman–Crippen LogP) is 3.85. The Morgan fingerprint density at radius 2 is 2.10 bits per heavy atom. The van der Waals surface area contributed by atoms with Crippen LogP contribution in [-0.4, -0.2) is 16.1 Å². The van der Waals surface area contributed by atoms with Crippen LogP contribution in [-0.2, 0) is 0 Å². The number of hydrogen-bond donors (Lipinski definition) is 3. The molecular weight excluding hydrogens is 334 g/mol. The maximum Gasteiger partial charge on any atom is 0.324 e. The number of aliphatic hydroxyl groups excluding tert-OH is 1. The molecule has 2 aromatic rings. The van der Waals surface area contributed by atoms with Crippen LogP contribution >= 0.6 is 15.9 Å². The summed E-state index contributed by atoms with van der Waals surface area (Å²) in [5.74, 6) is 0.472. The van der Waals surface area contributed by atoms with Gasteiger partial charge in [0.05, 0.1) is 6.10 Å². The second kappa shape index (κ2) is 6.69. The number of aryl methyl sites for hydroxylation is 1. The molecule has 1 aromatic heterocycles. The summed E-state index contributed by atoms with van der Waals surface area (Å²) in [5.41, 5.74) is 2.33. The number of benzene rings is 1. The van der Waals surface area contributed by atoms with Gasteiger partial charge in [0.1, 0.15) is 5.82 Å². The molecule has 21 heavy (non-hydrogen) atoms. The van der Waals surface area contributed by atoms with Crippen LogP contribution in [0.5, 0.6) is 0 Å². The first-order valence-electron chi connectivity index (χ1n) is 6.44. The maximum atomic E-state index is 11.9. The number of aromatic nitrogens is 1. The smallest absolute Gasteiger partial charge is 0.324 e. The summed E-state index contributed by atoms with van der Waals surface area (Å²) in [7, 11) is 0. The number of carbonyl (C=O) groups excluding carboxylic acids is 1. The highest BCUT2D eigenvalue weighted by Gasteiger charge is 2.07. The highest BCUT2D eigenvalue weighted by Crippen LogP contribution is 2.19. The number of halogens is 1. The number of nitrogens with one attached hydrogen (secondary N) is 2. The topological polar surface area (TPSA) is 74.2 Å². The first kappa shape index (κ1) is 15.5. The third kappa shape index (κ3) is 4.27. The minimum absolute atomic E-state index is 0.382. The normalized spacial score (nSPS) is 11.8. The Hall–Kier alpha value is -1.92. The van der Waals surface area contributed by atoms with Crippen molar-refractivity contribution in [1.82, 2.24) is 4.98 Å². The average molecular weight is 350 g/mol. The molecule has 0 radical (unpaired) electrons. The number of carbonyl (C=O) groups is 1. The molecule has 0 aliphatic carbocycles. The summed E-state index contributed by atoms with van der Waals surface area (Å²) < 4.78 is 0.887. The molecule has 1 aromatic carbocycles. The third-order valence-electron chi connectivity index (χ3n) is 2.92. The number of hydrogen-bond acceptors (Lipinski definition) is 3. The summed E-state index contributed by atoms with van der Waals surface area (Å²) in [5, 5.41) is 14.9. The Labute approximate surface area is 131 Å². The van der Waals surface area contributed by atoms with Gasteiger partial charge in [-0.1, -0.05) is 12.1 Å². The van der Waals surface area contributed by atoms with Crippen molar-refractivity contribution in [2.24, 2.45) is 0 Å². The van der Waals surface area contributed by atoms with E-state index in [1.165, 1.54) is 0 Å². The van der Waals surface area contributed by atoms with E-state index in [4.69, 9.17) is 0 Å². The van der Waals surface area contributed by atoms with Crippen LogP contribution in [0.1, 0.15) is 24.2 Å². The van der Waals surface area contributed by atoms with Crippen LogP contribution in [0, 0.1) is 6.92 Å². The number of urea groups is 1. The molecular formula is C15H16BrN3O2. The molecule has 0 aliphatic heterocycles. The molecule has 3 N–H and O–H groups in total. The molecule has 0 saturated carbocycles. The number of nitrogens with zero attached hydrogens (tertiary/aromatic N) is 1. The Balaban J connectivity index is 2.04. The third-order valence-corrected chi connectivity index (χ3v) is 3.75. The molecule has 0 bridgehead atoms. The monoisotopic (exact) mass is 349 g/mol. The van der Waals surface area contributed by atoms with Gasteiger partial charge in [0, 0.05) is 16.4 Å². The van der Waals surface area contributed by atoms with E-state index in [2.05, 4.69) is 31.5 Å². The van der Waals surface area contributed by atoms with Gasteiger partial charge in [0.2, 0.25) is 0 Å². The fraction of sp³-hybridized carbons (Fsp3) is 0.200. The minimum Gasteiger partial charge on any atom is -0.389 e. The van der Waals surface area contributed by atoms with Gasteiger partial charge in [-0.05, 0) is 59.1 Å². The summed E-state index contributed by atoms with van der Waals surface area (Å²) >= 11 is 3.36. The second-order valence-electron chi connectivity index (χ2n) is 4.70. The molecule has 0 aliphatic rings. The van der Waals surface area contributed by atoms with E-state index in [1.807, 2.05) is 6.92 Å². The van der Waals surface area contributed by atoms with Crippen LogP contribution in [0.3, 0.4) is 0 Å². The molecule has 5 nitrogen and oxygen atoms in total. The lowest BCUT2D eigenvalue weighted by Gasteiger charge is -2.10. The van der Waals surface area contributed by atoms with Gasteiger partial charge in [0.15, 0.2) is 0 Å². The van der Waals surface area contributed by atoms with Crippen LogP contribution in [0.15, 0.2) is 41.0 Å². The predicted molar refractivity (Wildman–Crippen MR) is 86.4 cm³/mol. The van der Waals surface area contributed by atoms with Crippen LogP contribution in [0.25, 0.3) is 0 Å². The average Bonchev–Trinajstić information content (AvgIpc) is 2.43. The van der Waals surface area contributed by atoms with E-state index in [1.54, 1.807) is 43.5 Å². The lowest BCUT2D eigenvalue weighted by molar-refractivity contribution is 0.199. The molecule has 1 heterocycles. The van der Waals surface area contributed by atoms with Crippen molar-refractivity contribution in [2.45, 2.75) is 20.0 Å². The summed E-state index contributed by atoms with van der Waals surface area (Å²) in [6.07, 6.45) is 1.06. The Bertz CT molecular complexity index is 659. The maximum absolute atomic E-state index is 11.9. The number of pyridine rings is 1. The molecule has 110 valence electrons. The standard InChI is InChI=1S/C15H16BrN3O2/c1-9-6-14(17-8-13(9)16)19-15(21)18-12-5-3-4-11(7-12)10(2)20/h3-8,10,20H,1-2H3,(H2,17,18,19,21). The number of anilines is 2. The molecule has 6 heteroatoms. The lowest BCUT2D eigenvalue weighted by Crippen LogP contribution is -2.20. The molecule has 0 saturated heterocycles. The molecule has 1 unspecified atom stereocenters. The molecule has 0 fully saturated rings. The molecule has 2 rings (SSSR count). The number of amides is 2. The highest BCUT2D eigenvalue weighted by atomic mass is 79.9. The Morgan fingerprint density at radius 3 is 2.76 bits per heavy atom. The van der Waals surface area contributed by atoms with Gasteiger partial charge in [-0.25, -0.2) is 9.78 Å². The Kier molecular flexibility index (Phi) is 4.93. The van der Waals surface area contributed by atoms with Crippen molar-refractivity contribution >= 4 is 33.5 Å². The molecule has 1 atom stereocenters. The van der Waals surface area contributed by atoms with E-state index in [0.717, 1.165) is 15.6 Å². The van der Waals surface area contributed by atoms with Gasteiger partial charge in [-0.2, -0.15) is 0 Å². The van der Waals surface area contributed by atoms with E-state index in [9.17, 15) is 9.90 Å². The van der Waals surface area contributed by atoms with Crippen molar-refractivity contribution < 1.29 is 9.90 Å². The van der Waals surface area contributed by atoms with Crippen LogP contribution < -0.4 is 10.6 Å². The zero-order chi connectivity index (χ0) is 15.4. The highest BCUT2D eigenvalue weighted by molar-refractivity contribution is 9.10.